The summed E-state index contributed by atoms with van der Waals surface area (Å²) in [7, 11) is 4.06. The smallest absolute Gasteiger partial charge is 0.251 e. The van der Waals surface area contributed by atoms with Gasteiger partial charge in [0.1, 0.15) is 0 Å². The van der Waals surface area contributed by atoms with Crippen LogP contribution in [0.2, 0.25) is 0 Å². The van der Waals surface area contributed by atoms with E-state index in [2.05, 4.69) is 10.2 Å². The topological polar surface area (TPSA) is 32.3 Å². The van der Waals surface area contributed by atoms with Gasteiger partial charge in [0.25, 0.3) is 5.91 Å². The van der Waals surface area contributed by atoms with Crippen LogP contribution in [0.25, 0.3) is 0 Å². The molecule has 0 saturated carbocycles. The SMILES string of the molecule is CN(C)Cc1ccc(C(=O)NC(C)(C)C)cc1. The summed E-state index contributed by atoms with van der Waals surface area (Å²) in [4.78, 5) is 14.0. The lowest BCUT2D eigenvalue weighted by atomic mass is 10.1. The number of carbonyl (C=O) groups excluding carboxylic acids is 1. The number of amides is 1. The number of hydrogen-bond acceptors (Lipinski definition) is 2. The first kappa shape index (κ1) is 13.7. The van der Waals surface area contributed by atoms with E-state index in [0.717, 1.165) is 6.54 Å². The Morgan fingerprint density at radius 3 is 2.12 bits per heavy atom. The standard InChI is InChI=1S/C14H22N2O/c1-14(2,3)15-13(17)12-8-6-11(7-9-12)10-16(4)5/h6-9H,10H2,1-5H3,(H,15,17). The molecule has 0 saturated heterocycles. The largest absolute Gasteiger partial charge is 0.347 e. The number of hydrogen-bond donors (Lipinski definition) is 1. The van der Waals surface area contributed by atoms with E-state index < -0.39 is 0 Å². The lowest BCUT2D eigenvalue weighted by Gasteiger charge is -2.20. The normalized spacial score (nSPS) is 11.6. The van der Waals surface area contributed by atoms with E-state index in [1.165, 1.54) is 5.56 Å². The lowest BCUT2D eigenvalue weighted by Crippen LogP contribution is -2.40. The van der Waals surface area contributed by atoms with E-state index >= 15 is 0 Å². The summed E-state index contributed by atoms with van der Waals surface area (Å²) >= 11 is 0. The molecule has 1 aromatic rings. The van der Waals surface area contributed by atoms with Gasteiger partial charge in [-0.25, -0.2) is 0 Å². The van der Waals surface area contributed by atoms with Gasteiger partial charge in [0, 0.05) is 17.6 Å². The fourth-order valence-electron chi connectivity index (χ4n) is 1.54. The van der Waals surface area contributed by atoms with E-state index in [1.54, 1.807) is 0 Å². The lowest BCUT2D eigenvalue weighted by molar-refractivity contribution is 0.0919. The molecule has 0 atom stereocenters. The van der Waals surface area contributed by atoms with Gasteiger partial charge in [0.05, 0.1) is 0 Å². The molecule has 0 aliphatic heterocycles. The van der Waals surface area contributed by atoms with Gasteiger partial charge in [-0.2, -0.15) is 0 Å². The monoisotopic (exact) mass is 234 g/mol. The molecule has 0 heterocycles. The van der Waals surface area contributed by atoms with E-state index in [1.807, 2.05) is 59.1 Å². The highest BCUT2D eigenvalue weighted by Crippen LogP contribution is 2.08. The minimum absolute atomic E-state index is 0.0195. The molecule has 0 radical (unpaired) electrons. The second-order valence-electron chi connectivity index (χ2n) is 5.64. The van der Waals surface area contributed by atoms with Crippen LogP contribution < -0.4 is 5.32 Å². The third-order valence-electron chi connectivity index (χ3n) is 2.20. The van der Waals surface area contributed by atoms with Crippen molar-refractivity contribution in [2.75, 3.05) is 14.1 Å². The zero-order chi connectivity index (χ0) is 13.1. The molecule has 1 amide bonds. The Labute approximate surface area is 104 Å². The predicted molar refractivity (Wildman–Crippen MR) is 71.1 cm³/mol. The van der Waals surface area contributed by atoms with Crippen LogP contribution in [0, 0.1) is 0 Å². The van der Waals surface area contributed by atoms with Crippen LogP contribution in [-0.4, -0.2) is 30.4 Å². The van der Waals surface area contributed by atoms with Crippen molar-refractivity contribution in [2.45, 2.75) is 32.9 Å². The first-order chi connectivity index (χ1) is 7.78. The van der Waals surface area contributed by atoms with Crippen molar-refractivity contribution in [3.8, 4) is 0 Å². The Bertz CT molecular complexity index is 374. The van der Waals surface area contributed by atoms with Crippen LogP contribution in [0.1, 0.15) is 36.7 Å². The average molecular weight is 234 g/mol. The van der Waals surface area contributed by atoms with Crippen LogP contribution in [-0.2, 0) is 6.54 Å². The molecule has 0 spiro atoms. The summed E-state index contributed by atoms with van der Waals surface area (Å²) in [5.41, 5.74) is 1.73. The number of nitrogens with zero attached hydrogens (tertiary/aromatic N) is 1. The van der Waals surface area contributed by atoms with Gasteiger partial charge in [-0.15, -0.1) is 0 Å². The maximum absolute atomic E-state index is 11.9. The fraction of sp³-hybridized carbons (Fsp3) is 0.500. The van der Waals surface area contributed by atoms with Gasteiger partial charge in [0.15, 0.2) is 0 Å². The van der Waals surface area contributed by atoms with Gasteiger partial charge in [-0.05, 0) is 52.6 Å². The molecule has 0 aliphatic carbocycles. The fourth-order valence-corrected chi connectivity index (χ4v) is 1.54. The van der Waals surface area contributed by atoms with Crippen LogP contribution in [0.5, 0.6) is 0 Å². The molecular formula is C14H22N2O. The second kappa shape index (κ2) is 5.32. The van der Waals surface area contributed by atoms with E-state index in [-0.39, 0.29) is 11.4 Å². The Balaban J connectivity index is 2.71. The van der Waals surface area contributed by atoms with Gasteiger partial charge in [-0.1, -0.05) is 12.1 Å². The van der Waals surface area contributed by atoms with E-state index in [9.17, 15) is 4.79 Å². The highest BCUT2D eigenvalue weighted by atomic mass is 16.1. The highest BCUT2D eigenvalue weighted by molar-refractivity contribution is 5.94. The molecule has 1 aromatic carbocycles. The molecule has 3 nitrogen and oxygen atoms in total. The Morgan fingerprint density at radius 2 is 1.71 bits per heavy atom. The molecule has 0 aromatic heterocycles. The van der Waals surface area contributed by atoms with Gasteiger partial charge < -0.3 is 10.2 Å². The highest BCUT2D eigenvalue weighted by Gasteiger charge is 2.14. The molecular weight excluding hydrogens is 212 g/mol. The number of rotatable bonds is 3. The molecule has 1 N–H and O–H groups in total. The van der Waals surface area contributed by atoms with Gasteiger partial charge in [-0.3, -0.25) is 4.79 Å². The maximum atomic E-state index is 11.9. The van der Waals surface area contributed by atoms with Crippen molar-refractivity contribution in [1.82, 2.24) is 10.2 Å². The minimum atomic E-state index is -0.195. The predicted octanol–water partition coefficient (Wildman–Crippen LogP) is 2.28. The first-order valence-electron chi connectivity index (χ1n) is 5.84. The van der Waals surface area contributed by atoms with Crippen molar-refractivity contribution in [3.05, 3.63) is 35.4 Å². The van der Waals surface area contributed by atoms with Crippen LogP contribution >= 0.6 is 0 Å². The zero-order valence-corrected chi connectivity index (χ0v) is 11.4. The summed E-state index contributed by atoms with van der Waals surface area (Å²) in [6.45, 7) is 6.82. The van der Waals surface area contributed by atoms with Crippen molar-refractivity contribution < 1.29 is 4.79 Å². The quantitative estimate of drug-likeness (QED) is 0.870. The van der Waals surface area contributed by atoms with Crippen LogP contribution in [0.15, 0.2) is 24.3 Å². The van der Waals surface area contributed by atoms with Gasteiger partial charge >= 0.3 is 0 Å². The van der Waals surface area contributed by atoms with Crippen molar-refractivity contribution >= 4 is 5.91 Å². The zero-order valence-electron chi connectivity index (χ0n) is 11.4. The van der Waals surface area contributed by atoms with E-state index in [0.29, 0.717) is 5.56 Å². The van der Waals surface area contributed by atoms with Crippen LogP contribution in [0.3, 0.4) is 0 Å². The average Bonchev–Trinajstić information content (AvgIpc) is 2.15. The Hall–Kier alpha value is -1.35. The molecule has 94 valence electrons. The third kappa shape index (κ3) is 5.00. The minimum Gasteiger partial charge on any atom is -0.347 e. The molecule has 1 rings (SSSR count). The molecule has 0 unspecified atom stereocenters. The summed E-state index contributed by atoms with van der Waals surface area (Å²) in [5.74, 6) is -0.0195. The van der Waals surface area contributed by atoms with Crippen molar-refractivity contribution in [3.63, 3.8) is 0 Å². The molecule has 0 bridgehead atoms. The summed E-state index contributed by atoms with van der Waals surface area (Å²) in [5, 5.41) is 2.95. The summed E-state index contributed by atoms with van der Waals surface area (Å²) in [6.07, 6.45) is 0. The molecule has 0 aliphatic rings. The summed E-state index contributed by atoms with van der Waals surface area (Å²) < 4.78 is 0. The third-order valence-corrected chi connectivity index (χ3v) is 2.20. The van der Waals surface area contributed by atoms with Crippen molar-refractivity contribution in [2.24, 2.45) is 0 Å². The van der Waals surface area contributed by atoms with Crippen LogP contribution in [0.4, 0.5) is 0 Å². The molecule has 0 fully saturated rings. The number of benzene rings is 1. The Kier molecular flexibility index (Phi) is 4.29. The summed E-state index contributed by atoms with van der Waals surface area (Å²) in [6, 6.07) is 7.74. The Morgan fingerprint density at radius 1 is 1.18 bits per heavy atom. The van der Waals surface area contributed by atoms with Crippen molar-refractivity contribution in [1.29, 1.82) is 0 Å². The molecule has 17 heavy (non-hydrogen) atoms. The number of carbonyl (C=O) groups is 1. The second-order valence-corrected chi connectivity index (χ2v) is 5.64. The first-order valence-corrected chi connectivity index (χ1v) is 5.84. The molecule has 3 heteroatoms. The van der Waals surface area contributed by atoms with E-state index in [4.69, 9.17) is 0 Å². The maximum Gasteiger partial charge on any atom is 0.251 e. The van der Waals surface area contributed by atoms with Gasteiger partial charge in [0.2, 0.25) is 0 Å². The number of nitrogens with one attached hydrogen (secondary N) is 1.